The normalized spacial score (nSPS) is 22.1. The lowest BCUT2D eigenvalue weighted by Crippen LogP contribution is -2.41. The van der Waals surface area contributed by atoms with Crippen LogP contribution in [-0.2, 0) is 9.53 Å². The fraction of sp³-hybridized carbons (Fsp3) is 0.333. The lowest BCUT2D eigenvalue weighted by Gasteiger charge is -2.28. The lowest BCUT2D eigenvalue weighted by atomic mass is 10.0. The first-order chi connectivity index (χ1) is 9.68. The van der Waals surface area contributed by atoms with Gasteiger partial charge in [0.2, 0.25) is 0 Å². The van der Waals surface area contributed by atoms with Gasteiger partial charge < -0.3 is 14.7 Å². The number of carboxylic acid groups (broad SMARTS) is 1. The predicted molar refractivity (Wildman–Crippen MR) is 75.9 cm³/mol. The molecule has 104 valence electrons. The molecule has 0 bridgehead atoms. The summed E-state index contributed by atoms with van der Waals surface area (Å²) in [5, 5.41) is 11.4. The van der Waals surface area contributed by atoms with Gasteiger partial charge in [-0.15, -0.1) is 0 Å². The van der Waals surface area contributed by atoms with E-state index in [4.69, 9.17) is 4.74 Å². The summed E-state index contributed by atoms with van der Waals surface area (Å²) in [5.74, 6) is -0.537. The van der Waals surface area contributed by atoms with Gasteiger partial charge in [0.15, 0.2) is 0 Å². The van der Waals surface area contributed by atoms with Crippen molar-refractivity contribution < 1.29 is 14.6 Å². The summed E-state index contributed by atoms with van der Waals surface area (Å²) in [4.78, 5) is 17.6. The van der Waals surface area contributed by atoms with Crippen LogP contribution in [0.4, 0.5) is 5.82 Å². The Labute approximate surface area is 116 Å². The van der Waals surface area contributed by atoms with Crippen LogP contribution in [0.3, 0.4) is 0 Å². The maximum absolute atomic E-state index is 11.3. The van der Waals surface area contributed by atoms with Crippen molar-refractivity contribution in [3.63, 3.8) is 0 Å². The third-order valence-electron chi connectivity index (χ3n) is 3.85. The Balaban J connectivity index is 2.00. The fourth-order valence-corrected chi connectivity index (χ4v) is 2.70. The van der Waals surface area contributed by atoms with Crippen molar-refractivity contribution in [2.45, 2.75) is 6.04 Å². The van der Waals surface area contributed by atoms with Gasteiger partial charge >= 0.3 is 5.97 Å². The van der Waals surface area contributed by atoms with Gasteiger partial charge in [-0.1, -0.05) is 24.3 Å². The minimum atomic E-state index is -0.820. The van der Waals surface area contributed by atoms with Crippen molar-refractivity contribution in [1.82, 2.24) is 4.98 Å². The number of pyridine rings is 1. The molecule has 0 amide bonds. The van der Waals surface area contributed by atoms with Crippen LogP contribution < -0.4 is 4.90 Å². The van der Waals surface area contributed by atoms with E-state index in [0.717, 1.165) is 16.6 Å². The van der Waals surface area contributed by atoms with Crippen LogP contribution in [0.5, 0.6) is 0 Å². The van der Waals surface area contributed by atoms with Crippen LogP contribution in [0.2, 0.25) is 0 Å². The van der Waals surface area contributed by atoms with E-state index in [0.29, 0.717) is 6.61 Å². The Morgan fingerprint density at radius 2 is 2.15 bits per heavy atom. The summed E-state index contributed by atoms with van der Waals surface area (Å²) >= 11 is 0. The third kappa shape index (κ3) is 2.10. The van der Waals surface area contributed by atoms with E-state index in [1.807, 2.05) is 42.3 Å². The first kappa shape index (κ1) is 12.9. The number of aromatic nitrogens is 1. The second-order valence-corrected chi connectivity index (χ2v) is 5.02. The summed E-state index contributed by atoms with van der Waals surface area (Å²) in [6.07, 6.45) is 1.75. The number of hydrogen-bond acceptors (Lipinski definition) is 4. The molecule has 2 atom stereocenters. The molecule has 1 aromatic heterocycles. The molecule has 1 saturated heterocycles. The molecule has 1 N–H and O–H groups in total. The molecule has 1 aliphatic heterocycles. The highest BCUT2D eigenvalue weighted by molar-refractivity contribution is 5.92. The smallest absolute Gasteiger partial charge is 0.311 e. The van der Waals surface area contributed by atoms with Crippen LogP contribution in [0.1, 0.15) is 0 Å². The van der Waals surface area contributed by atoms with E-state index in [9.17, 15) is 9.90 Å². The van der Waals surface area contributed by atoms with Gasteiger partial charge in [0.25, 0.3) is 0 Å². The molecule has 0 radical (unpaired) electrons. The van der Waals surface area contributed by atoms with Gasteiger partial charge in [0.1, 0.15) is 11.7 Å². The molecule has 2 heterocycles. The largest absolute Gasteiger partial charge is 0.481 e. The van der Waals surface area contributed by atoms with E-state index in [-0.39, 0.29) is 12.6 Å². The molecule has 20 heavy (non-hydrogen) atoms. The number of fused-ring (bicyclic) bond motifs is 1. The van der Waals surface area contributed by atoms with Crippen LogP contribution in [0.15, 0.2) is 36.5 Å². The molecule has 1 aliphatic rings. The Morgan fingerprint density at radius 3 is 2.95 bits per heavy atom. The number of anilines is 1. The fourth-order valence-electron chi connectivity index (χ4n) is 2.70. The summed E-state index contributed by atoms with van der Waals surface area (Å²) < 4.78 is 5.34. The van der Waals surface area contributed by atoms with Gasteiger partial charge in [0, 0.05) is 18.6 Å². The average Bonchev–Trinajstić information content (AvgIpc) is 2.95. The second kappa shape index (κ2) is 5.09. The molecule has 1 fully saturated rings. The molecule has 2 aromatic rings. The van der Waals surface area contributed by atoms with E-state index in [1.54, 1.807) is 6.20 Å². The molecule has 0 saturated carbocycles. The third-order valence-corrected chi connectivity index (χ3v) is 3.85. The van der Waals surface area contributed by atoms with Gasteiger partial charge in [-0.2, -0.15) is 0 Å². The highest BCUT2D eigenvalue weighted by Gasteiger charge is 2.37. The standard InChI is InChI=1S/C15H16N2O3/c1-17(13-9-20-8-12(13)15(18)19)14-11-5-3-2-4-10(11)6-7-16-14/h2-7,12-13H,8-9H2,1H3,(H,18,19). The summed E-state index contributed by atoms with van der Waals surface area (Å²) in [6, 6.07) is 9.72. The molecule has 0 aliphatic carbocycles. The van der Waals surface area contributed by atoms with Gasteiger partial charge in [-0.25, -0.2) is 4.98 Å². The zero-order chi connectivity index (χ0) is 14.1. The van der Waals surface area contributed by atoms with Gasteiger partial charge in [-0.05, 0) is 11.5 Å². The topological polar surface area (TPSA) is 62.7 Å². The Morgan fingerprint density at radius 1 is 1.35 bits per heavy atom. The Bertz CT molecular complexity index is 639. The van der Waals surface area contributed by atoms with E-state index in [2.05, 4.69) is 4.98 Å². The number of benzene rings is 1. The molecule has 2 unspecified atom stereocenters. The Hall–Kier alpha value is -2.14. The molecular weight excluding hydrogens is 256 g/mol. The number of aliphatic carboxylic acids is 1. The van der Waals surface area contributed by atoms with Gasteiger partial charge in [0.05, 0.1) is 19.3 Å². The number of ether oxygens (including phenoxy) is 1. The van der Waals surface area contributed by atoms with E-state index >= 15 is 0 Å². The molecule has 1 aromatic carbocycles. The van der Waals surface area contributed by atoms with Crippen LogP contribution in [-0.4, -0.2) is 42.4 Å². The Kier molecular flexibility index (Phi) is 3.28. The monoisotopic (exact) mass is 272 g/mol. The minimum Gasteiger partial charge on any atom is -0.481 e. The van der Waals surface area contributed by atoms with E-state index in [1.165, 1.54) is 0 Å². The number of carbonyl (C=O) groups is 1. The summed E-state index contributed by atoms with van der Waals surface area (Å²) in [7, 11) is 1.88. The number of likely N-dealkylation sites (N-methyl/N-ethyl adjacent to an activating group) is 1. The van der Waals surface area contributed by atoms with Crippen molar-refractivity contribution >= 4 is 22.6 Å². The number of carboxylic acids is 1. The van der Waals surface area contributed by atoms with Crippen molar-refractivity contribution in [2.75, 3.05) is 25.2 Å². The first-order valence-electron chi connectivity index (χ1n) is 6.55. The van der Waals surface area contributed by atoms with Crippen molar-refractivity contribution in [2.24, 2.45) is 5.92 Å². The molecule has 5 heteroatoms. The highest BCUT2D eigenvalue weighted by atomic mass is 16.5. The van der Waals surface area contributed by atoms with Crippen LogP contribution >= 0.6 is 0 Å². The first-order valence-corrected chi connectivity index (χ1v) is 6.55. The predicted octanol–water partition coefficient (Wildman–Crippen LogP) is 1.77. The zero-order valence-corrected chi connectivity index (χ0v) is 11.2. The number of hydrogen-bond donors (Lipinski definition) is 1. The summed E-state index contributed by atoms with van der Waals surface area (Å²) in [6.45, 7) is 0.674. The second-order valence-electron chi connectivity index (χ2n) is 5.02. The maximum Gasteiger partial charge on any atom is 0.311 e. The molecular formula is C15H16N2O3. The van der Waals surface area contributed by atoms with Crippen LogP contribution in [0.25, 0.3) is 10.8 Å². The van der Waals surface area contributed by atoms with Crippen LogP contribution in [0, 0.1) is 5.92 Å². The summed E-state index contributed by atoms with van der Waals surface area (Å²) in [5.41, 5.74) is 0. The molecule has 5 nitrogen and oxygen atoms in total. The quantitative estimate of drug-likeness (QED) is 0.922. The molecule has 0 spiro atoms. The van der Waals surface area contributed by atoms with Crippen molar-refractivity contribution in [3.8, 4) is 0 Å². The zero-order valence-electron chi connectivity index (χ0n) is 11.2. The lowest BCUT2D eigenvalue weighted by molar-refractivity contribution is -0.141. The SMILES string of the molecule is CN(c1nccc2ccccc12)C1COCC1C(=O)O. The van der Waals surface area contributed by atoms with Gasteiger partial charge in [-0.3, -0.25) is 4.79 Å². The van der Waals surface area contributed by atoms with Crippen molar-refractivity contribution in [1.29, 1.82) is 0 Å². The van der Waals surface area contributed by atoms with E-state index < -0.39 is 11.9 Å². The highest BCUT2D eigenvalue weighted by Crippen LogP contribution is 2.28. The molecule has 3 rings (SSSR count). The number of nitrogens with zero attached hydrogens (tertiary/aromatic N) is 2. The minimum absolute atomic E-state index is 0.189. The maximum atomic E-state index is 11.3. The van der Waals surface area contributed by atoms with Crippen molar-refractivity contribution in [3.05, 3.63) is 36.5 Å². The number of rotatable bonds is 3. The average molecular weight is 272 g/mol.